The molecule has 1 aromatic heterocycles. The largest absolute Gasteiger partial charge is 0.416 e. The Kier molecular flexibility index (Phi) is 5.65. The van der Waals surface area contributed by atoms with Crippen LogP contribution in [0.1, 0.15) is 21.5 Å². The number of aryl methyl sites for hydroxylation is 1. The standard InChI is InChI=1S/C23H15F3IN3O/c1-13-5-6-15(21(31)29-18-4-2-3-17(11-18)23(24,25)26)10-19(13)14-7-8-20-16(9-14)12-28-22(27)30-20/h2-12H,1H3,(H,29,31). The van der Waals surface area contributed by atoms with Gasteiger partial charge in [-0.3, -0.25) is 4.79 Å². The number of carbonyl (C=O) groups is 1. The van der Waals surface area contributed by atoms with E-state index in [0.29, 0.717) is 9.39 Å². The summed E-state index contributed by atoms with van der Waals surface area (Å²) >= 11 is 2.05. The van der Waals surface area contributed by atoms with Crippen molar-refractivity contribution in [1.29, 1.82) is 0 Å². The Hall–Kier alpha value is -3.01. The van der Waals surface area contributed by atoms with Crippen molar-refractivity contribution in [2.45, 2.75) is 13.1 Å². The number of nitrogens with zero attached hydrogens (tertiary/aromatic N) is 2. The van der Waals surface area contributed by atoms with Crippen molar-refractivity contribution in [2.75, 3.05) is 5.32 Å². The van der Waals surface area contributed by atoms with Gasteiger partial charge in [-0.25, -0.2) is 9.97 Å². The van der Waals surface area contributed by atoms with E-state index in [-0.39, 0.29) is 5.69 Å². The summed E-state index contributed by atoms with van der Waals surface area (Å²) in [4.78, 5) is 21.3. The predicted molar refractivity (Wildman–Crippen MR) is 122 cm³/mol. The third-order valence-electron chi connectivity index (χ3n) is 4.81. The molecule has 0 radical (unpaired) electrons. The van der Waals surface area contributed by atoms with E-state index in [1.165, 1.54) is 12.1 Å². The van der Waals surface area contributed by atoms with E-state index in [1.807, 2.05) is 31.2 Å². The SMILES string of the molecule is Cc1ccc(C(=O)Nc2cccc(C(F)(F)F)c2)cc1-c1ccc2nc(I)ncc2c1. The van der Waals surface area contributed by atoms with Gasteiger partial charge in [-0.1, -0.05) is 18.2 Å². The van der Waals surface area contributed by atoms with Gasteiger partial charge >= 0.3 is 6.18 Å². The maximum Gasteiger partial charge on any atom is 0.416 e. The highest BCUT2D eigenvalue weighted by Gasteiger charge is 2.30. The van der Waals surface area contributed by atoms with Crippen LogP contribution in [0, 0.1) is 10.8 Å². The van der Waals surface area contributed by atoms with Crippen molar-refractivity contribution in [3.63, 3.8) is 0 Å². The molecule has 4 aromatic rings. The average Bonchev–Trinajstić information content (AvgIpc) is 2.73. The second kappa shape index (κ2) is 8.26. The number of carbonyl (C=O) groups excluding carboxylic acids is 1. The molecule has 31 heavy (non-hydrogen) atoms. The minimum absolute atomic E-state index is 0.0828. The second-order valence-corrected chi connectivity index (χ2v) is 7.94. The Balaban J connectivity index is 1.65. The van der Waals surface area contributed by atoms with Crippen LogP contribution in [0.5, 0.6) is 0 Å². The number of benzene rings is 3. The Labute approximate surface area is 189 Å². The lowest BCUT2D eigenvalue weighted by Gasteiger charge is -2.12. The molecule has 4 nitrogen and oxygen atoms in total. The van der Waals surface area contributed by atoms with E-state index in [1.54, 1.807) is 18.3 Å². The normalized spacial score (nSPS) is 11.5. The van der Waals surface area contributed by atoms with Gasteiger partial charge in [-0.05, 0) is 66.1 Å². The smallest absolute Gasteiger partial charge is 0.322 e. The summed E-state index contributed by atoms with van der Waals surface area (Å²) in [6.45, 7) is 1.93. The molecule has 156 valence electrons. The Morgan fingerprint density at radius 3 is 2.61 bits per heavy atom. The van der Waals surface area contributed by atoms with E-state index in [4.69, 9.17) is 0 Å². The molecule has 0 spiro atoms. The van der Waals surface area contributed by atoms with Gasteiger partial charge in [-0.2, -0.15) is 13.2 Å². The zero-order valence-electron chi connectivity index (χ0n) is 16.2. The molecule has 0 bridgehead atoms. The number of halogens is 4. The van der Waals surface area contributed by atoms with Gasteiger partial charge in [-0.15, -0.1) is 0 Å². The Morgan fingerprint density at radius 2 is 1.84 bits per heavy atom. The highest BCUT2D eigenvalue weighted by Crippen LogP contribution is 2.31. The minimum atomic E-state index is -4.48. The first kappa shape index (κ1) is 21.2. The van der Waals surface area contributed by atoms with E-state index in [0.717, 1.165) is 39.7 Å². The lowest BCUT2D eigenvalue weighted by Crippen LogP contribution is -2.13. The fraction of sp³-hybridized carbons (Fsp3) is 0.0870. The van der Waals surface area contributed by atoms with Crippen LogP contribution in [0.15, 0.2) is 66.9 Å². The Morgan fingerprint density at radius 1 is 1.03 bits per heavy atom. The highest BCUT2D eigenvalue weighted by atomic mass is 127. The van der Waals surface area contributed by atoms with Gasteiger partial charge in [0.2, 0.25) is 0 Å². The first-order valence-electron chi connectivity index (χ1n) is 9.23. The maximum absolute atomic E-state index is 12.9. The molecule has 0 atom stereocenters. The molecule has 0 aliphatic rings. The van der Waals surface area contributed by atoms with Gasteiger partial charge in [0, 0.05) is 45.4 Å². The van der Waals surface area contributed by atoms with Crippen molar-refractivity contribution in [2.24, 2.45) is 0 Å². The molecule has 1 N–H and O–H groups in total. The third kappa shape index (κ3) is 4.68. The topological polar surface area (TPSA) is 54.9 Å². The molecular weight excluding hydrogens is 518 g/mol. The van der Waals surface area contributed by atoms with Crippen molar-refractivity contribution in [3.05, 3.63) is 87.4 Å². The number of hydrogen-bond donors (Lipinski definition) is 1. The molecule has 3 aromatic carbocycles. The van der Waals surface area contributed by atoms with Crippen molar-refractivity contribution in [3.8, 4) is 11.1 Å². The van der Waals surface area contributed by atoms with Gasteiger partial charge in [0.05, 0.1) is 11.1 Å². The zero-order valence-corrected chi connectivity index (χ0v) is 18.3. The summed E-state index contributed by atoms with van der Waals surface area (Å²) in [5.74, 6) is -0.487. The summed E-state index contributed by atoms with van der Waals surface area (Å²) in [6, 6.07) is 15.5. The van der Waals surface area contributed by atoms with Crippen LogP contribution in [-0.4, -0.2) is 15.9 Å². The number of amides is 1. The number of rotatable bonds is 3. The first-order chi connectivity index (χ1) is 14.7. The van der Waals surface area contributed by atoms with Crippen LogP contribution in [0.3, 0.4) is 0 Å². The quantitative estimate of drug-likeness (QED) is 0.242. The molecule has 4 rings (SSSR count). The molecule has 0 aliphatic heterocycles. The molecule has 0 saturated carbocycles. The molecule has 1 heterocycles. The lowest BCUT2D eigenvalue weighted by atomic mass is 9.97. The third-order valence-corrected chi connectivity index (χ3v) is 5.33. The molecular formula is C23H15F3IN3O. The van der Waals surface area contributed by atoms with Gasteiger partial charge in [0.25, 0.3) is 5.91 Å². The molecule has 0 saturated heterocycles. The fourth-order valence-corrected chi connectivity index (χ4v) is 3.63. The Bertz CT molecular complexity index is 1300. The van der Waals surface area contributed by atoms with E-state index in [2.05, 4.69) is 37.9 Å². The van der Waals surface area contributed by atoms with E-state index in [9.17, 15) is 18.0 Å². The summed E-state index contributed by atoms with van der Waals surface area (Å²) < 4.78 is 39.4. The van der Waals surface area contributed by atoms with Crippen LogP contribution in [-0.2, 0) is 6.18 Å². The minimum Gasteiger partial charge on any atom is -0.322 e. The summed E-state index contributed by atoms with van der Waals surface area (Å²) in [5.41, 5.74) is 3.13. The van der Waals surface area contributed by atoms with Crippen molar-refractivity contribution >= 4 is 45.1 Å². The van der Waals surface area contributed by atoms with Crippen LogP contribution >= 0.6 is 22.6 Å². The highest BCUT2D eigenvalue weighted by molar-refractivity contribution is 14.1. The van der Waals surface area contributed by atoms with Crippen molar-refractivity contribution < 1.29 is 18.0 Å². The number of fused-ring (bicyclic) bond motifs is 1. The maximum atomic E-state index is 12.9. The fourth-order valence-electron chi connectivity index (χ4n) is 3.23. The molecule has 8 heteroatoms. The summed E-state index contributed by atoms with van der Waals surface area (Å²) in [6.07, 6.45) is -2.73. The molecule has 0 aliphatic carbocycles. The second-order valence-electron chi connectivity index (χ2n) is 6.98. The van der Waals surface area contributed by atoms with Gasteiger partial charge < -0.3 is 5.32 Å². The summed E-state index contributed by atoms with van der Waals surface area (Å²) in [7, 11) is 0. The lowest BCUT2D eigenvalue weighted by molar-refractivity contribution is -0.137. The number of hydrogen-bond acceptors (Lipinski definition) is 3. The van der Waals surface area contributed by atoms with Crippen LogP contribution in [0.2, 0.25) is 0 Å². The molecule has 0 fully saturated rings. The molecule has 1 amide bonds. The number of alkyl halides is 3. The van der Waals surface area contributed by atoms with E-state index < -0.39 is 17.6 Å². The van der Waals surface area contributed by atoms with Gasteiger partial charge in [0.1, 0.15) is 0 Å². The average molecular weight is 533 g/mol. The molecule has 0 unspecified atom stereocenters. The monoisotopic (exact) mass is 533 g/mol. The zero-order chi connectivity index (χ0) is 22.2. The van der Waals surface area contributed by atoms with Crippen LogP contribution < -0.4 is 5.32 Å². The summed E-state index contributed by atoms with van der Waals surface area (Å²) in [5, 5.41) is 3.42. The van der Waals surface area contributed by atoms with Gasteiger partial charge in [0.15, 0.2) is 3.83 Å². The van der Waals surface area contributed by atoms with Crippen LogP contribution in [0.25, 0.3) is 22.0 Å². The number of aromatic nitrogens is 2. The van der Waals surface area contributed by atoms with Crippen LogP contribution in [0.4, 0.5) is 18.9 Å². The predicted octanol–water partition coefficient (Wildman–Crippen LogP) is 6.48. The van der Waals surface area contributed by atoms with E-state index >= 15 is 0 Å². The first-order valence-corrected chi connectivity index (χ1v) is 10.3. The van der Waals surface area contributed by atoms with Crippen molar-refractivity contribution in [1.82, 2.24) is 9.97 Å². The number of anilines is 1. The number of nitrogens with one attached hydrogen (secondary N) is 1.